The Labute approximate surface area is 138 Å². The van der Waals surface area contributed by atoms with Gasteiger partial charge >= 0.3 is 13.6 Å². The van der Waals surface area contributed by atoms with Gasteiger partial charge in [-0.05, 0) is 60.0 Å². The molecule has 0 bridgehead atoms. The number of hydrogen-bond acceptors (Lipinski definition) is 5. The number of nitrogens with one attached hydrogen (secondary N) is 1. The van der Waals surface area contributed by atoms with Crippen LogP contribution in [-0.2, 0) is 9.39 Å². The van der Waals surface area contributed by atoms with Crippen molar-refractivity contribution in [2.75, 3.05) is 5.32 Å². The molecule has 7 heteroatoms. The maximum absolute atomic E-state index is 11.7. The van der Waals surface area contributed by atoms with E-state index in [4.69, 9.17) is 9.39 Å². The van der Waals surface area contributed by atoms with Crippen LogP contribution in [0.1, 0.15) is 48.5 Å². The Kier molecular flexibility index (Phi) is 5.82. The molecule has 0 aromatic carbocycles. The average molecular weight is 322 g/mol. The molecule has 0 aliphatic rings. The lowest BCUT2D eigenvalue weighted by atomic mass is 9.83. The summed E-state index contributed by atoms with van der Waals surface area (Å²) in [4.78, 5) is 15.8. The SMILES string of the molecule is CC(C)(C)OC(=O)Nc1ccc(BOC(C)(C)C(C)(C)O)cn1. The molecule has 0 atom stereocenters. The molecule has 6 nitrogen and oxygen atoms in total. The fourth-order valence-corrected chi connectivity index (χ4v) is 1.43. The summed E-state index contributed by atoms with van der Waals surface area (Å²) >= 11 is 0. The molecule has 1 rings (SSSR count). The Morgan fingerprint density at radius 3 is 2.22 bits per heavy atom. The van der Waals surface area contributed by atoms with E-state index in [1.54, 1.807) is 52.9 Å². The van der Waals surface area contributed by atoms with Crippen LogP contribution in [-0.4, -0.2) is 40.5 Å². The van der Waals surface area contributed by atoms with Gasteiger partial charge < -0.3 is 14.5 Å². The maximum Gasteiger partial charge on any atom is 0.413 e. The molecular weight excluding hydrogens is 295 g/mol. The Morgan fingerprint density at radius 1 is 1.17 bits per heavy atom. The van der Waals surface area contributed by atoms with Gasteiger partial charge in [0.2, 0.25) is 0 Å². The van der Waals surface area contributed by atoms with Crippen LogP contribution in [0, 0.1) is 0 Å². The Balaban J connectivity index is 2.59. The zero-order chi connectivity index (χ0) is 17.9. The van der Waals surface area contributed by atoms with Gasteiger partial charge in [-0.25, -0.2) is 9.78 Å². The zero-order valence-electron chi connectivity index (χ0n) is 15.1. The minimum Gasteiger partial charge on any atom is -0.444 e. The minimum absolute atomic E-state index is 0.316. The van der Waals surface area contributed by atoms with E-state index < -0.39 is 22.9 Å². The molecule has 1 amide bonds. The first-order valence-electron chi connectivity index (χ1n) is 7.61. The van der Waals surface area contributed by atoms with E-state index >= 15 is 0 Å². The van der Waals surface area contributed by atoms with Crippen molar-refractivity contribution in [3.63, 3.8) is 0 Å². The molecule has 0 aliphatic carbocycles. The van der Waals surface area contributed by atoms with Crippen molar-refractivity contribution >= 4 is 24.9 Å². The highest BCUT2D eigenvalue weighted by atomic mass is 16.6. The van der Waals surface area contributed by atoms with Crippen LogP contribution in [0.4, 0.5) is 10.6 Å². The molecule has 0 radical (unpaired) electrons. The maximum atomic E-state index is 11.7. The number of pyridine rings is 1. The molecule has 0 unspecified atom stereocenters. The lowest BCUT2D eigenvalue weighted by Gasteiger charge is -2.37. The summed E-state index contributed by atoms with van der Waals surface area (Å²) in [5, 5.41) is 12.6. The molecule has 0 aliphatic heterocycles. The summed E-state index contributed by atoms with van der Waals surface area (Å²) in [5.74, 6) is 0.407. The number of carbonyl (C=O) groups excluding carboxylic acids is 1. The second-order valence-corrected chi connectivity index (χ2v) is 7.54. The molecule has 0 saturated carbocycles. The number of anilines is 1. The van der Waals surface area contributed by atoms with Crippen molar-refractivity contribution in [1.29, 1.82) is 0 Å². The molecule has 128 valence electrons. The van der Waals surface area contributed by atoms with Crippen molar-refractivity contribution in [2.45, 2.75) is 65.3 Å². The van der Waals surface area contributed by atoms with Gasteiger partial charge in [0.15, 0.2) is 0 Å². The summed E-state index contributed by atoms with van der Waals surface area (Å²) < 4.78 is 10.9. The molecule has 2 N–H and O–H groups in total. The van der Waals surface area contributed by atoms with Crippen LogP contribution in [0.15, 0.2) is 18.3 Å². The van der Waals surface area contributed by atoms with Gasteiger partial charge in [-0.15, -0.1) is 0 Å². The van der Waals surface area contributed by atoms with Crippen LogP contribution in [0.5, 0.6) is 0 Å². The summed E-state index contributed by atoms with van der Waals surface area (Å²) in [5.41, 5.74) is -1.36. The normalized spacial score (nSPS) is 12.7. The monoisotopic (exact) mass is 322 g/mol. The molecule has 0 saturated heterocycles. The van der Waals surface area contributed by atoms with Gasteiger partial charge in [0.1, 0.15) is 11.4 Å². The number of carbonyl (C=O) groups is 1. The predicted octanol–water partition coefficient (Wildman–Crippen LogP) is 1.97. The van der Waals surface area contributed by atoms with Crippen molar-refractivity contribution < 1.29 is 19.3 Å². The van der Waals surface area contributed by atoms with E-state index in [0.717, 1.165) is 5.46 Å². The number of amides is 1. The predicted molar refractivity (Wildman–Crippen MR) is 92.3 cm³/mol. The van der Waals surface area contributed by atoms with Gasteiger partial charge in [0.25, 0.3) is 0 Å². The Hall–Kier alpha value is -1.60. The number of ether oxygens (including phenoxy) is 1. The molecular formula is C16H27BN2O4. The van der Waals surface area contributed by atoms with E-state index in [9.17, 15) is 9.90 Å². The van der Waals surface area contributed by atoms with Crippen LogP contribution < -0.4 is 10.8 Å². The summed E-state index contributed by atoms with van der Waals surface area (Å²) in [6.45, 7) is 12.5. The number of rotatable bonds is 5. The smallest absolute Gasteiger partial charge is 0.413 e. The molecule has 1 aromatic rings. The van der Waals surface area contributed by atoms with Gasteiger partial charge in [-0.3, -0.25) is 5.32 Å². The number of aromatic nitrogens is 1. The van der Waals surface area contributed by atoms with Crippen LogP contribution in [0.3, 0.4) is 0 Å². The Morgan fingerprint density at radius 2 is 1.78 bits per heavy atom. The first-order chi connectivity index (χ1) is 10.3. The van der Waals surface area contributed by atoms with Gasteiger partial charge in [0, 0.05) is 6.20 Å². The van der Waals surface area contributed by atoms with Gasteiger partial charge in [-0.2, -0.15) is 0 Å². The van der Waals surface area contributed by atoms with E-state index in [2.05, 4.69) is 10.3 Å². The van der Waals surface area contributed by atoms with Crippen LogP contribution in [0.25, 0.3) is 0 Å². The first kappa shape index (κ1) is 19.5. The highest BCUT2D eigenvalue weighted by Gasteiger charge is 2.35. The van der Waals surface area contributed by atoms with E-state index in [1.165, 1.54) is 0 Å². The van der Waals surface area contributed by atoms with Crippen LogP contribution in [0.2, 0.25) is 0 Å². The second-order valence-electron chi connectivity index (χ2n) is 7.54. The lowest BCUT2D eigenvalue weighted by molar-refractivity contribution is -0.0893. The van der Waals surface area contributed by atoms with E-state index in [-0.39, 0.29) is 0 Å². The van der Waals surface area contributed by atoms with Crippen molar-refractivity contribution in [3.05, 3.63) is 18.3 Å². The largest absolute Gasteiger partial charge is 0.444 e. The number of hydrogen-bond donors (Lipinski definition) is 2. The highest BCUT2D eigenvalue weighted by molar-refractivity contribution is 6.46. The van der Waals surface area contributed by atoms with Gasteiger partial charge in [0.05, 0.1) is 11.2 Å². The third-order valence-electron chi connectivity index (χ3n) is 3.53. The molecule has 0 spiro atoms. The highest BCUT2D eigenvalue weighted by Crippen LogP contribution is 2.24. The van der Waals surface area contributed by atoms with Crippen molar-refractivity contribution in [3.8, 4) is 0 Å². The number of nitrogens with zero attached hydrogens (tertiary/aromatic N) is 1. The molecule has 1 aromatic heterocycles. The average Bonchev–Trinajstić information content (AvgIpc) is 2.34. The zero-order valence-corrected chi connectivity index (χ0v) is 15.1. The topological polar surface area (TPSA) is 80.7 Å². The van der Waals surface area contributed by atoms with Gasteiger partial charge in [-0.1, -0.05) is 6.07 Å². The third kappa shape index (κ3) is 6.58. The van der Waals surface area contributed by atoms with Crippen molar-refractivity contribution in [2.24, 2.45) is 0 Å². The summed E-state index contributed by atoms with van der Waals surface area (Å²) in [6, 6.07) is 3.49. The van der Waals surface area contributed by atoms with E-state index in [0.29, 0.717) is 13.3 Å². The second kappa shape index (κ2) is 6.89. The third-order valence-corrected chi connectivity index (χ3v) is 3.53. The molecule has 0 fully saturated rings. The fraction of sp³-hybridized carbons (Fsp3) is 0.625. The summed E-state index contributed by atoms with van der Waals surface area (Å²) in [6.07, 6.45) is 1.07. The fourth-order valence-electron chi connectivity index (χ4n) is 1.43. The standard InChI is InChI=1S/C16H27BN2O4/c1-14(2,3)22-13(20)19-12-9-8-11(10-18-12)17-23-16(6,7)15(4,5)21/h8-10,17,21H,1-7H3,(H,18,19,20). The molecule has 1 heterocycles. The minimum atomic E-state index is -0.960. The van der Waals surface area contributed by atoms with Crippen LogP contribution >= 0.6 is 0 Å². The first-order valence-corrected chi connectivity index (χ1v) is 7.61. The van der Waals surface area contributed by atoms with E-state index in [1.807, 2.05) is 13.8 Å². The van der Waals surface area contributed by atoms with Crippen molar-refractivity contribution in [1.82, 2.24) is 4.98 Å². The Bertz CT molecular complexity index is 530. The quantitative estimate of drug-likeness (QED) is 0.810. The molecule has 23 heavy (non-hydrogen) atoms. The summed E-state index contributed by atoms with van der Waals surface area (Å²) in [7, 11) is 0.316. The number of aliphatic hydroxyl groups is 1. The lowest BCUT2D eigenvalue weighted by Crippen LogP contribution is -2.49.